The molecule has 4 rings (SSSR count). The molecule has 0 fully saturated rings. The molecule has 3 aromatic rings. The Morgan fingerprint density at radius 3 is 2.40 bits per heavy atom. The molecule has 3 amide bonds. The van der Waals surface area contributed by atoms with Crippen molar-refractivity contribution >= 4 is 44.9 Å². The van der Waals surface area contributed by atoms with Gasteiger partial charge in [0, 0.05) is 41.5 Å². The van der Waals surface area contributed by atoms with E-state index in [1.54, 1.807) is 30.0 Å². The maximum Gasteiger partial charge on any atom is 0.323 e. The number of amides is 3. The van der Waals surface area contributed by atoms with E-state index < -0.39 is 34.0 Å². The van der Waals surface area contributed by atoms with Gasteiger partial charge in [-0.2, -0.15) is 4.31 Å². The molecule has 1 aliphatic rings. The molecule has 3 aromatic carbocycles. The fourth-order valence-corrected chi connectivity index (χ4v) is 6.00. The number of nitrogens with one attached hydrogen (secondary N) is 2. The lowest BCUT2D eigenvalue weighted by molar-refractivity contribution is -0.134. The number of rotatable bonds is 8. The van der Waals surface area contributed by atoms with Gasteiger partial charge >= 0.3 is 6.03 Å². The molecule has 0 aromatic heterocycles. The van der Waals surface area contributed by atoms with Crippen LogP contribution in [0.3, 0.4) is 0 Å². The van der Waals surface area contributed by atoms with Crippen LogP contribution in [0.2, 0.25) is 5.02 Å². The van der Waals surface area contributed by atoms with E-state index >= 15 is 0 Å². The van der Waals surface area contributed by atoms with E-state index in [-0.39, 0.29) is 42.8 Å². The van der Waals surface area contributed by atoms with Crippen LogP contribution in [-0.4, -0.2) is 73.6 Å². The van der Waals surface area contributed by atoms with Crippen molar-refractivity contribution in [1.29, 1.82) is 0 Å². The fourth-order valence-electron chi connectivity index (χ4n) is 4.69. The van der Waals surface area contributed by atoms with E-state index in [0.29, 0.717) is 27.7 Å². The highest BCUT2D eigenvalue weighted by Crippen LogP contribution is 2.30. The number of hydrogen-bond donors (Lipinski definition) is 3. The summed E-state index contributed by atoms with van der Waals surface area (Å²) in [6, 6.07) is 14.9. The smallest absolute Gasteiger partial charge is 0.323 e. The Morgan fingerprint density at radius 1 is 1.12 bits per heavy atom. The molecule has 0 unspecified atom stereocenters. The Hall–Kier alpha value is -3.71. The SMILES string of the molecule is C[C@H](CO)N1C[C@H](C)[C@@H](CN(C)S(=O)(=O)c2ccc(Cl)cc2)Oc2ccc(NC(=O)Nc3ccc(F)cc3)cc2CC1=O. The van der Waals surface area contributed by atoms with Crippen LogP contribution < -0.4 is 15.4 Å². The van der Waals surface area contributed by atoms with E-state index in [1.165, 1.54) is 59.9 Å². The Kier molecular flexibility index (Phi) is 10.3. The molecule has 230 valence electrons. The summed E-state index contributed by atoms with van der Waals surface area (Å²) in [6.45, 7) is 3.53. The van der Waals surface area contributed by atoms with Crippen molar-refractivity contribution in [1.82, 2.24) is 9.21 Å². The zero-order valence-electron chi connectivity index (χ0n) is 24.0. The summed E-state index contributed by atoms with van der Waals surface area (Å²) in [7, 11) is -2.42. The fraction of sp³-hybridized carbons (Fsp3) is 0.333. The maximum atomic E-state index is 13.4. The van der Waals surface area contributed by atoms with Crippen molar-refractivity contribution in [2.75, 3.05) is 37.4 Å². The summed E-state index contributed by atoms with van der Waals surface area (Å²) >= 11 is 5.94. The number of halogens is 2. The molecule has 13 heteroatoms. The molecule has 0 radical (unpaired) electrons. The first-order valence-corrected chi connectivity index (χ1v) is 15.4. The second-order valence-corrected chi connectivity index (χ2v) is 13.0. The predicted molar refractivity (Wildman–Crippen MR) is 162 cm³/mol. The molecule has 10 nitrogen and oxygen atoms in total. The molecular weight excluding hydrogens is 599 g/mol. The van der Waals surface area contributed by atoms with E-state index in [1.807, 2.05) is 6.92 Å². The van der Waals surface area contributed by atoms with Gasteiger partial charge < -0.3 is 25.4 Å². The summed E-state index contributed by atoms with van der Waals surface area (Å²) in [4.78, 5) is 27.7. The summed E-state index contributed by atoms with van der Waals surface area (Å²) in [6.07, 6.45) is -0.752. The number of fused-ring (bicyclic) bond motifs is 1. The van der Waals surface area contributed by atoms with Gasteiger partial charge in [0.2, 0.25) is 15.9 Å². The number of benzene rings is 3. The lowest BCUT2D eigenvalue weighted by atomic mass is 10.0. The second-order valence-electron chi connectivity index (χ2n) is 10.5. The van der Waals surface area contributed by atoms with Gasteiger partial charge in [0.1, 0.15) is 17.7 Å². The van der Waals surface area contributed by atoms with Crippen LogP contribution in [0.15, 0.2) is 71.6 Å². The first-order valence-electron chi connectivity index (χ1n) is 13.6. The van der Waals surface area contributed by atoms with Crippen molar-refractivity contribution < 1.29 is 32.2 Å². The molecule has 43 heavy (non-hydrogen) atoms. The molecule has 1 heterocycles. The molecule has 0 saturated carbocycles. The highest BCUT2D eigenvalue weighted by atomic mass is 35.5. The number of carbonyl (C=O) groups is 2. The van der Waals surface area contributed by atoms with Gasteiger partial charge in [0.25, 0.3) is 0 Å². The minimum atomic E-state index is -3.88. The molecule has 0 bridgehead atoms. The van der Waals surface area contributed by atoms with E-state index in [2.05, 4.69) is 10.6 Å². The van der Waals surface area contributed by atoms with E-state index in [0.717, 1.165) is 0 Å². The largest absolute Gasteiger partial charge is 0.488 e. The molecule has 3 N–H and O–H groups in total. The molecular formula is C30H34ClFN4O6S. The van der Waals surface area contributed by atoms with Gasteiger partial charge in [-0.15, -0.1) is 0 Å². The number of likely N-dealkylation sites (N-methyl/N-ethyl adjacent to an activating group) is 1. The highest BCUT2D eigenvalue weighted by molar-refractivity contribution is 7.89. The monoisotopic (exact) mass is 632 g/mol. The maximum absolute atomic E-state index is 13.4. The van der Waals surface area contributed by atoms with Crippen LogP contribution in [0, 0.1) is 11.7 Å². The van der Waals surface area contributed by atoms with E-state index in [9.17, 15) is 27.5 Å². The average molecular weight is 633 g/mol. The number of carbonyl (C=O) groups excluding carboxylic acids is 2. The normalized spacial score (nSPS) is 18.1. The number of aliphatic hydroxyl groups excluding tert-OH is 1. The summed E-state index contributed by atoms with van der Waals surface area (Å²) < 4.78 is 47.4. The standard InChI is InChI=1S/C30H34ClFN4O6S/c1-19-16-36(20(2)18-37)29(38)15-21-14-25(34-30(39)33-24-8-6-23(32)7-9-24)10-13-27(21)42-28(19)17-35(3)43(40,41)26-11-4-22(31)5-12-26/h4-14,19-20,28,37H,15-18H2,1-3H3,(H2,33,34,39)/t19-,20+,28+/m0/s1. The number of sulfonamides is 1. The van der Waals surface area contributed by atoms with Crippen molar-refractivity contribution in [2.24, 2.45) is 5.92 Å². The number of anilines is 2. The van der Waals surface area contributed by atoms with Crippen molar-refractivity contribution in [2.45, 2.75) is 37.3 Å². The second kappa shape index (κ2) is 13.7. The minimum Gasteiger partial charge on any atom is -0.488 e. The summed E-state index contributed by atoms with van der Waals surface area (Å²) in [5.41, 5.74) is 1.24. The third kappa shape index (κ3) is 8.02. The number of aliphatic hydroxyl groups is 1. The van der Waals surface area contributed by atoms with Crippen LogP contribution >= 0.6 is 11.6 Å². The zero-order valence-corrected chi connectivity index (χ0v) is 25.5. The molecule has 0 saturated heterocycles. The number of ether oxygens (including phenoxy) is 1. The average Bonchev–Trinajstić information content (AvgIpc) is 3.01. The van der Waals surface area contributed by atoms with Gasteiger partial charge in [-0.3, -0.25) is 4.79 Å². The van der Waals surface area contributed by atoms with Crippen LogP contribution in [0.25, 0.3) is 0 Å². The Balaban J connectivity index is 1.61. The third-order valence-corrected chi connectivity index (χ3v) is 9.32. The number of nitrogens with zero attached hydrogens (tertiary/aromatic N) is 2. The Bertz CT molecular complexity index is 1560. The van der Waals surface area contributed by atoms with Gasteiger partial charge in [-0.25, -0.2) is 17.6 Å². The zero-order chi connectivity index (χ0) is 31.3. The molecule has 1 aliphatic heterocycles. The lowest BCUT2D eigenvalue weighted by Gasteiger charge is -2.33. The topological polar surface area (TPSA) is 128 Å². The Morgan fingerprint density at radius 2 is 1.74 bits per heavy atom. The Labute approximate surface area is 255 Å². The van der Waals surface area contributed by atoms with Gasteiger partial charge in [0.05, 0.1) is 30.5 Å². The lowest BCUT2D eigenvalue weighted by Crippen LogP contribution is -2.48. The van der Waals surface area contributed by atoms with Crippen LogP contribution in [0.1, 0.15) is 19.4 Å². The molecule has 3 atom stereocenters. The minimum absolute atomic E-state index is 0.0266. The van der Waals surface area contributed by atoms with Crippen molar-refractivity contribution in [3.05, 3.63) is 83.1 Å². The third-order valence-electron chi connectivity index (χ3n) is 7.24. The van der Waals surface area contributed by atoms with E-state index in [4.69, 9.17) is 16.3 Å². The number of hydrogen-bond acceptors (Lipinski definition) is 6. The quantitative estimate of drug-likeness (QED) is 0.333. The van der Waals surface area contributed by atoms with Crippen LogP contribution in [0.4, 0.5) is 20.6 Å². The van der Waals surface area contributed by atoms with Gasteiger partial charge in [-0.05, 0) is 73.7 Å². The van der Waals surface area contributed by atoms with Gasteiger partial charge in [0.15, 0.2) is 0 Å². The van der Waals surface area contributed by atoms with Gasteiger partial charge in [-0.1, -0.05) is 18.5 Å². The summed E-state index contributed by atoms with van der Waals surface area (Å²) in [5.74, 6) is -0.648. The predicted octanol–water partition coefficient (Wildman–Crippen LogP) is 4.59. The molecule has 0 spiro atoms. The van der Waals surface area contributed by atoms with Crippen molar-refractivity contribution in [3.63, 3.8) is 0 Å². The van der Waals surface area contributed by atoms with Crippen LogP contribution in [0.5, 0.6) is 5.75 Å². The number of urea groups is 1. The molecule has 0 aliphatic carbocycles. The highest BCUT2D eigenvalue weighted by Gasteiger charge is 2.33. The first-order chi connectivity index (χ1) is 20.4. The first kappa shape index (κ1) is 32.2. The summed E-state index contributed by atoms with van der Waals surface area (Å²) in [5, 5.41) is 15.6. The van der Waals surface area contributed by atoms with Crippen molar-refractivity contribution in [3.8, 4) is 5.75 Å². The van der Waals surface area contributed by atoms with Crippen LogP contribution in [-0.2, 0) is 21.2 Å².